The number of hydrogen-bond donors (Lipinski definition) is 0. The summed E-state index contributed by atoms with van der Waals surface area (Å²) in [5.74, 6) is 1.75. The van der Waals surface area contributed by atoms with E-state index in [2.05, 4.69) is 6.92 Å². The predicted molar refractivity (Wildman–Crippen MR) is 89.2 cm³/mol. The van der Waals surface area contributed by atoms with Gasteiger partial charge in [0.05, 0.1) is 26.4 Å². The first-order valence-electron chi connectivity index (χ1n) is 8.09. The molecule has 0 aromatic heterocycles. The minimum Gasteiger partial charge on any atom is -0.497 e. The molecule has 0 saturated carbocycles. The summed E-state index contributed by atoms with van der Waals surface area (Å²) in [6.07, 6.45) is 0.643. The quantitative estimate of drug-likeness (QED) is 0.837. The summed E-state index contributed by atoms with van der Waals surface area (Å²) in [5, 5.41) is 0. The van der Waals surface area contributed by atoms with Gasteiger partial charge >= 0.3 is 0 Å². The number of nitrogens with zero attached hydrogens (tertiary/aromatic N) is 1. The minimum atomic E-state index is 0.0804. The maximum Gasteiger partial charge on any atom is 0.223 e. The lowest BCUT2D eigenvalue weighted by molar-refractivity contribution is -0.143. The van der Waals surface area contributed by atoms with E-state index in [9.17, 15) is 4.79 Å². The molecule has 0 spiro atoms. The summed E-state index contributed by atoms with van der Waals surface area (Å²) in [4.78, 5) is 14.5. The molecule has 3 unspecified atom stereocenters. The first kappa shape index (κ1) is 17.6. The van der Waals surface area contributed by atoms with Crippen molar-refractivity contribution >= 4 is 5.91 Å². The van der Waals surface area contributed by atoms with Gasteiger partial charge in [0.2, 0.25) is 5.91 Å². The Kier molecular flexibility index (Phi) is 5.88. The SMILES string of the molecule is COc1ccc(C(C)CC(=O)N2CC(C)OC(C)C2)c(OC)c1. The molecule has 0 radical (unpaired) electrons. The molecule has 0 bridgehead atoms. The average Bonchev–Trinajstić information content (AvgIpc) is 2.53. The number of carbonyl (C=O) groups excluding carboxylic acids is 1. The van der Waals surface area contributed by atoms with Crippen molar-refractivity contribution in [2.75, 3.05) is 27.3 Å². The Morgan fingerprint density at radius 1 is 1.26 bits per heavy atom. The molecule has 0 aliphatic carbocycles. The Morgan fingerprint density at radius 2 is 1.91 bits per heavy atom. The second-order valence-corrected chi connectivity index (χ2v) is 6.27. The van der Waals surface area contributed by atoms with E-state index in [1.54, 1.807) is 14.2 Å². The van der Waals surface area contributed by atoms with Crippen LogP contribution in [0.5, 0.6) is 11.5 Å². The molecule has 3 atom stereocenters. The third-order valence-corrected chi connectivity index (χ3v) is 4.22. The molecular weight excluding hydrogens is 294 g/mol. The lowest BCUT2D eigenvalue weighted by atomic mass is 9.95. The lowest BCUT2D eigenvalue weighted by Crippen LogP contribution is -2.48. The van der Waals surface area contributed by atoms with Crippen LogP contribution in [0.25, 0.3) is 0 Å². The highest BCUT2D eigenvalue weighted by atomic mass is 16.5. The van der Waals surface area contributed by atoms with Crippen LogP contribution in [0.15, 0.2) is 18.2 Å². The second-order valence-electron chi connectivity index (χ2n) is 6.27. The van der Waals surface area contributed by atoms with Crippen LogP contribution in [0.4, 0.5) is 0 Å². The number of ether oxygens (including phenoxy) is 3. The van der Waals surface area contributed by atoms with E-state index in [1.807, 2.05) is 36.9 Å². The molecule has 128 valence electrons. The Bertz CT molecular complexity index is 536. The maximum absolute atomic E-state index is 12.6. The molecule has 5 heteroatoms. The number of rotatable bonds is 5. The highest BCUT2D eigenvalue weighted by Gasteiger charge is 2.27. The van der Waals surface area contributed by atoms with Crippen LogP contribution in [0, 0.1) is 0 Å². The van der Waals surface area contributed by atoms with E-state index in [0.29, 0.717) is 19.5 Å². The number of benzene rings is 1. The summed E-state index contributed by atoms with van der Waals surface area (Å²) in [7, 11) is 3.26. The second kappa shape index (κ2) is 7.68. The molecule has 1 aliphatic heterocycles. The summed E-state index contributed by atoms with van der Waals surface area (Å²) >= 11 is 0. The molecule has 5 nitrogen and oxygen atoms in total. The van der Waals surface area contributed by atoms with E-state index in [1.165, 1.54) is 0 Å². The lowest BCUT2D eigenvalue weighted by Gasteiger charge is -2.36. The molecule has 1 amide bonds. The van der Waals surface area contributed by atoms with Gasteiger partial charge < -0.3 is 19.1 Å². The molecule has 2 rings (SSSR count). The van der Waals surface area contributed by atoms with Gasteiger partial charge in [0, 0.05) is 25.6 Å². The first-order chi connectivity index (χ1) is 10.9. The summed E-state index contributed by atoms with van der Waals surface area (Å²) in [6.45, 7) is 7.39. The van der Waals surface area contributed by atoms with E-state index in [4.69, 9.17) is 14.2 Å². The van der Waals surface area contributed by atoms with Gasteiger partial charge in [-0.2, -0.15) is 0 Å². The van der Waals surface area contributed by atoms with Crippen LogP contribution in [0.3, 0.4) is 0 Å². The number of hydrogen-bond acceptors (Lipinski definition) is 4. The normalized spacial score (nSPS) is 22.6. The van der Waals surface area contributed by atoms with Crippen LogP contribution in [-0.4, -0.2) is 50.3 Å². The van der Waals surface area contributed by atoms with Crippen molar-refractivity contribution in [2.45, 2.75) is 45.3 Å². The van der Waals surface area contributed by atoms with E-state index in [-0.39, 0.29) is 24.0 Å². The molecule has 0 N–H and O–H groups in total. The van der Waals surface area contributed by atoms with Crippen LogP contribution < -0.4 is 9.47 Å². The molecule has 23 heavy (non-hydrogen) atoms. The first-order valence-corrected chi connectivity index (χ1v) is 8.09. The van der Waals surface area contributed by atoms with Gasteiger partial charge in [0.1, 0.15) is 11.5 Å². The average molecular weight is 321 g/mol. The number of carbonyl (C=O) groups is 1. The zero-order valence-corrected chi connectivity index (χ0v) is 14.7. The standard InChI is InChI=1S/C18H27NO4/c1-12(16-7-6-15(21-4)9-17(16)22-5)8-18(20)19-10-13(2)23-14(3)11-19/h6-7,9,12-14H,8,10-11H2,1-5H3. The maximum atomic E-state index is 12.6. The summed E-state index contributed by atoms with van der Waals surface area (Å²) in [5.41, 5.74) is 1.02. The van der Waals surface area contributed by atoms with Crippen molar-refractivity contribution < 1.29 is 19.0 Å². The summed E-state index contributed by atoms with van der Waals surface area (Å²) in [6, 6.07) is 5.73. The van der Waals surface area contributed by atoms with Gasteiger partial charge in [-0.15, -0.1) is 0 Å². The number of methoxy groups -OCH3 is 2. The van der Waals surface area contributed by atoms with Crippen LogP contribution >= 0.6 is 0 Å². The zero-order valence-electron chi connectivity index (χ0n) is 14.7. The number of morpholine rings is 1. The Labute approximate surface area is 138 Å². The fourth-order valence-corrected chi connectivity index (χ4v) is 3.11. The Morgan fingerprint density at radius 3 is 2.48 bits per heavy atom. The van der Waals surface area contributed by atoms with Crippen molar-refractivity contribution in [3.63, 3.8) is 0 Å². The van der Waals surface area contributed by atoms with Gasteiger partial charge in [0.15, 0.2) is 0 Å². The predicted octanol–water partition coefficient (Wildman–Crippen LogP) is 2.83. The van der Waals surface area contributed by atoms with Crippen molar-refractivity contribution in [1.29, 1.82) is 0 Å². The van der Waals surface area contributed by atoms with Crippen molar-refractivity contribution in [3.05, 3.63) is 23.8 Å². The van der Waals surface area contributed by atoms with Gasteiger partial charge in [0.25, 0.3) is 0 Å². The number of amides is 1. The monoisotopic (exact) mass is 321 g/mol. The third kappa shape index (κ3) is 4.38. The van der Waals surface area contributed by atoms with Gasteiger partial charge in [-0.3, -0.25) is 4.79 Å². The van der Waals surface area contributed by atoms with Crippen molar-refractivity contribution in [1.82, 2.24) is 4.90 Å². The molecule has 1 fully saturated rings. The third-order valence-electron chi connectivity index (χ3n) is 4.22. The highest BCUT2D eigenvalue weighted by Crippen LogP contribution is 2.32. The smallest absolute Gasteiger partial charge is 0.223 e. The largest absolute Gasteiger partial charge is 0.497 e. The van der Waals surface area contributed by atoms with Crippen molar-refractivity contribution in [3.8, 4) is 11.5 Å². The Balaban J connectivity index is 2.06. The summed E-state index contributed by atoms with van der Waals surface area (Å²) < 4.78 is 16.4. The van der Waals surface area contributed by atoms with Crippen LogP contribution in [0.1, 0.15) is 38.7 Å². The van der Waals surface area contributed by atoms with Gasteiger partial charge in [-0.05, 0) is 31.4 Å². The molecule has 1 saturated heterocycles. The van der Waals surface area contributed by atoms with Gasteiger partial charge in [-0.1, -0.05) is 13.0 Å². The molecular formula is C18H27NO4. The fourth-order valence-electron chi connectivity index (χ4n) is 3.11. The molecule has 1 aromatic rings. The molecule has 1 aliphatic rings. The van der Waals surface area contributed by atoms with E-state index < -0.39 is 0 Å². The Hall–Kier alpha value is -1.75. The highest BCUT2D eigenvalue weighted by molar-refractivity contribution is 5.77. The van der Waals surface area contributed by atoms with Crippen LogP contribution in [0.2, 0.25) is 0 Å². The van der Waals surface area contributed by atoms with Crippen LogP contribution in [-0.2, 0) is 9.53 Å². The van der Waals surface area contributed by atoms with E-state index in [0.717, 1.165) is 17.1 Å². The fraction of sp³-hybridized carbons (Fsp3) is 0.611. The van der Waals surface area contributed by atoms with Gasteiger partial charge in [-0.25, -0.2) is 0 Å². The zero-order chi connectivity index (χ0) is 17.0. The molecule has 1 aromatic carbocycles. The molecule has 1 heterocycles. The topological polar surface area (TPSA) is 48.0 Å². The van der Waals surface area contributed by atoms with Crippen molar-refractivity contribution in [2.24, 2.45) is 0 Å². The van der Waals surface area contributed by atoms with E-state index >= 15 is 0 Å². The minimum absolute atomic E-state index is 0.0804.